The van der Waals surface area contributed by atoms with Crippen molar-refractivity contribution in [2.24, 2.45) is 0 Å². The van der Waals surface area contributed by atoms with Gasteiger partial charge in [-0.2, -0.15) is 4.31 Å². The maximum atomic E-state index is 13.0. The molecule has 1 spiro atoms. The first-order valence-electron chi connectivity index (χ1n) is 8.32. The number of nitrogens with zero attached hydrogens (tertiary/aromatic N) is 1. The quantitative estimate of drug-likeness (QED) is 0.776. The van der Waals surface area contributed by atoms with Crippen LogP contribution in [0.25, 0.3) is 0 Å². The van der Waals surface area contributed by atoms with Gasteiger partial charge in [-0.1, -0.05) is 35.9 Å². The zero-order valence-electron chi connectivity index (χ0n) is 13.9. The van der Waals surface area contributed by atoms with Crippen LogP contribution in [0.1, 0.15) is 34.3 Å². The number of benzene rings is 2. The number of ether oxygens (including phenoxy) is 1. The number of hydrogen-bond acceptors (Lipinski definition) is 4. The van der Waals surface area contributed by atoms with Crippen molar-refractivity contribution < 1.29 is 17.9 Å². The van der Waals surface area contributed by atoms with E-state index in [1.165, 1.54) is 4.31 Å². The molecule has 0 radical (unpaired) electrons. The lowest BCUT2D eigenvalue weighted by Crippen LogP contribution is -2.48. The fourth-order valence-corrected chi connectivity index (χ4v) is 5.22. The Morgan fingerprint density at radius 2 is 1.80 bits per heavy atom. The largest absolute Gasteiger partial charge is 0.449 e. The van der Waals surface area contributed by atoms with Gasteiger partial charge in [-0.15, -0.1) is 0 Å². The van der Waals surface area contributed by atoms with E-state index in [1.807, 2.05) is 19.1 Å². The first-order chi connectivity index (χ1) is 11.9. The first kappa shape index (κ1) is 16.3. The van der Waals surface area contributed by atoms with Crippen LogP contribution in [0.3, 0.4) is 0 Å². The van der Waals surface area contributed by atoms with E-state index in [9.17, 15) is 13.2 Å². The van der Waals surface area contributed by atoms with E-state index in [4.69, 9.17) is 4.74 Å². The van der Waals surface area contributed by atoms with Crippen LogP contribution in [0.15, 0.2) is 53.4 Å². The minimum Gasteiger partial charge on any atom is -0.449 e. The van der Waals surface area contributed by atoms with Crippen molar-refractivity contribution in [2.75, 3.05) is 13.1 Å². The predicted octanol–water partition coefficient (Wildman–Crippen LogP) is 2.85. The number of esters is 1. The van der Waals surface area contributed by atoms with Gasteiger partial charge in [0.25, 0.3) is 0 Å². The van der Waals surface area contributed by atoms with Gasteiger partial charge >= 0.3 is 5.97 Å². The standard InChI is InChI=1S/C19H19NO4S/c1-14-7-9-15(10-8-14)25(22,23)20-12-4-11-19(13-20)17-6-3-2-5-16(17)18(21)24-19/h2-3,5-10H,4,11-13H2,1H3. The Morgan fingerprint density at radius 3 is 2.56 bits per heavy atom. The smallest absolute Gasteiger partial charge is 0.339 e. The number of rotatable bonds is 2. The van der Waals surface area contributed by atoms with Crippen molar-refractivity contribution in [3.05, 3.63) is 65.2 Å². The van der Waals surface area contributed by atoms with Crippen LogP contribution in [-0.2, 0) is 20.4 Å². The molecule has 6 heteroatoms. The van der Waals surface area contributed by atoms with Gasteiger partial charge in [-0.25, -0.2) is 13.2 Å². The molecule has 25 heavy (non-hydrogen) atoms. The highest BCUT2D eigenvalue weighted by Crippen LogP contribution is 2.43. The molecule has 4 rings (SSSR count). The normalized spacial score (nSPS) is 23.5. The van der Waals surface area contributed by atoms with E-state index in [0.717, 1.165) is 11.1 Å². The summed E-state index contributed by atoms with van der Waals surface area (Å²) in [5, 5.41) is 0. The molecule has 1 atom stereocenters. The average Bonchev–Trinajstić information content (AvgIpc) is 2.88. The Kier molecular flexibility index (Phi) is 3.70. The maximum absolute atomic E-state index is 13.0. The second-order valence-corrected chi connectivity index (χ2v) is 8.62. The number of fused-ring (bicyclic) bond motifs is 2. The second-order valence-electron chi connectivity index (χ2n) is 6.68. The van der Waals surface area contributed by atoms with Crippen molar-refractivity contribution >= 4 is 16.0 Å². The molecule has 1 fully saturated rings. The summed E-state index contributed by atoms with van der Waals surface area (Å²) >= 11 is 0. The number of sulfonamides is 1. The maximum Gasteiger partial charge on any atom is 0.339 e. The van der Waals surface area contributed by atoms with Crippen LogP contribution in [-0.4, -0.2) is 31.8 Å². The zero-order chi connectivity index (χ0) is 17.7. The van der Waals surface area contributed by atoms with Gasteiger partial charge in [0.1, 0.15) is 0 Å². The van der Waals surface area contributed by atoms with Gasteiger partial charge in [-0.05, 0) is 38.0 Å². The summed E-state index contributed by atoms with van der Waals surface area (Å²) in [5.74, 6) is -0.370. The Labute approximate surface area is 147 Å². The zero-order valence-corrected chi connectivity index (χ0v) is 14.8. The average molecular weight is 357 g/mol. The molecule has 0 amide bonds. The van der Waals surface area contributed by atoms with Crippen LogP contribution >= 0.6 is 0 Å². The minimum absolute atomic E-state index is 0.159. The Morgan fingerprint density at radius 1 is 1.08 bits per heavy atom. The summed E-state index contributed by atoms with van der Waals surface area (Å²) in [5.41, 5.74) is 1.47. The summed E-state index contributed by atoms with van der Waals surface area (Å²) in [6, 6.07) is 14.1. The molecule has 0 aromatic heterocycles. The molecular formula is C19H19NO4S. The molecule has 1 unspecified atom stereocenters. The molecule has 5 nitrogen and oxygen atoms in total. The van der Waals surface area contributed by atoms with Crippen LogP contribution in [0.2, 0.25) is 0 Å². The summed E-state index contributed by atoms with van der Waals surface area (Å²) < 4.78 is 33.2. The molecule has 0 N–H and O–H groups in total. The minimum atomic E-state index is -3.62. The number of aryl methyl sites for hydroxylation is 1. The fourth-order valence-electron chi connectivity index (χ4n) is 3.70. The Balaban J connectivity index is 1.71. The van der Waals surface area contributed by atoms with Gasteiger partial charge < -0.3 is 4.74 Å². The summed E-state index contributed by atoms with van der Waals surface area (Å²) in [7, 11) is -3.62. The van der Waals surface area contributed by atoms with Crippen LogP contribution in [0.5, 0.6) is 0 Å². The summed E-state index contributed by atoms with van der Waals surface area (Å²) in [4.78, 5) is 12.5. The molecule has 130 valence electrons. The molecule has 0 saturated carbocycles. The van der Waals surface area contributed by atoms with Crippen LogP contribution in [0.4, 0.5) is 0 Å². The molecule has 2 aromatic carbocycles. The number of hydrogen-bond donors (Lipinski definition) is 0. The number of carbonyl (C=O) groups is 1. The molecule has 2 aliphatic rings. The number of piperidine rings is 1. The Hall–Kier alpha value is -2.18. The summed E-state index contributed by atoms with van der Waals surface area (Å²) in [6.07, 6.45) is 1.28. The van der Waals surface area contributed by atoms with Crippen molar-refractivity contribution in [2.45, 2.75) is 30.3 Å². The topological polar surface area (TPSA) is 63.7 Å². The number of carbonyl (C=O) groups excluding carboxylic acids is 1. The van der Waals surface area contributed by atoms with E-state index >= 15 is 0 Å². The van der Waals surface area contributed by atoms with Crippen LogP contribution < -0.4 is 0 Å². The summed E-state index contributed by atoms with van der Waals surface area (Å²) in [6.45, 7) is 2.50. The second kappa shape index (κ2) is 5.68. The van der Waals surface area contributed by atoms with E-state index < -0.39 is 15.6 Å². The van der Waals surface area contributed by atoms with Gasteiger partial charge in [0.05, 0.1) is 17.0 Å². The monoisotopic (exact) mass is 357 g/mol. The lowest BCUT2D eigenvalue weighted by Gasteiger charge is -2.38. The third-order valence-electron chi connectivity index (χ3n) is 5.00. The highest BCUT2D eigenvalue weighted by Gasteiger charge is 2.50. The van der Waals surface area contributed by atoms with Crippen LogP contribution in [0, 0.1) is 6.92 Å². The molecule has 2 aromatic rings. The molecule has 0 bridgehead atoms. The van der Waals surface area contributed by atoms with Gasteiger partial charge in [0, 0.05) is 12.1 Å². The van der Waals surface area contributed by atoms with E-state index in [2.05, 4.69) is 0 Å². The van der Waals surface area contributed by atoms with Crippen molar-refractivity contribution in [1.82, 2.24) is 4.31 Å². The van der Waals surface area contributed by atoms with Crippen molar-refractivity contribution in [1.29, 1.82) is 0 Å². The predicted molar refractivity (Wildman–Crippen MR) is 92.7 cm³/mol. The van der Waals surface area contributed by atoms with Gasteiger partial charge in [0.2, 0.25) is 10.0 Å². The van der Waals surface area contributed by atoms with Gasteiger partial charge in [-0.3, -0.25) is 0 Å². The highest BCUT2D eigenvalue weighted by atomic mass is 32.2. The lowest BCUT2D eigenvalue weighted by molar-refractivity contribution is -0.0345. The lowest BCUT2D eigenvalue weighted by atomic mass is 9.86. The molecular weight excluding hydrogens is 338 g/mol. The van der Waals surface area contributed by atoms with E-state index in [-0.39, 0.29) is 17.4 Å². The van der Waals surface area contributed by atoms with E-state index in [1.54, 1.807) is 36.4 Å². The van der Waals surface area contributed by atoms with Crippen molar-refractivity contribution in [3.8, 4) is 0 Å². The Bertz CT molecular complexity index is 936. The highest BCUT2D eigenvalue weighted by molar-refractivity contribution is 7.89. The fraction of sp³-hybridized carbons (Fsp3) is 0.316. The third-order valence-corrected chi connectivity index (χ3v) is 6.86. The SMILES string of the molecule is Cc1ccc(S(=O)(=O)N2CCCC3(C2)OC(=O)c2ccccc23)cc1. The molecule has 2 aliphatic heterocycles. The first-order valence-corrected chi connectivity index (χ1v) is 9.76. The van der Waals surface area contributed by atoms with Gasteiger partial charge in [0.15, 0.2) is 5.60 Å². The van der Waals surface area contributed by atoms with E-state index in [0.29, 0.717) is 24.9 Å². The van der Waals surface area contributed by atoms with Crippen molar-refractivity contribution in [3.63, 3.8) is 0 Å². The molecule has 1 saturated heterocycles. The molecule has 2 heterocycles. The molecule has 0 aliphatic carbocycles. The third kappa shape index (κ3) is 2.56.